The van der Waals surface area contributed by atoms with Gasteiger partial charge >= 0.3 is 0 Å². The van der Waals surface area contributed by atoms with Crippen molar-refractivity contribution in [1.82, 2.24) is 9.62 Å². The lowest BCUT2D eigenvalue weighted by molar-refractivity contribution is 0.0878. The molecule has 0 aliphatic heterocycles. The first kappa shape index (κ1) is 26.8. The maximum absolute atomic E-state index is 13.1. The van der Waals surface area contributed by atoms with Crippen LogP contribution in [0.4, 0.5) is 5.69 Å². The summed E-state index contributed by atoms with van der Waals surface area (Å²) in [7, 11) is 5.64. The number of anilines is 1. The molecule has 1 aliphatic carbocycles. The van der Waals surface area contributed by atoms with Crippen LogP contribution in [0.2, 0.25) is 0 Å². The van der Waals surface area contributed by atoms with Crippen molar-refractivity contribution in [3.05, 3.63) is 23.8 Å². The van der Waals surface area contributed by atoms with Gasteiger partial charge in [0.05, 0.1) is 6.61 Å². The van der Waals surface area contributed by atoms with Gasteiger partial charge in [-0.1, -0.05) is 48.0 Å². The molecule has 30 heavy (non-hydrogen) atoms. The normalized spacial score (nSPS) is 22.4. The summed E-state index contributed by atoms with van der Waals surface area (Å²) < 4.78 is 7.28. The van der Waals surface area contributed by atoms with E-state index in [4.69, 9.17) is 4.74 Å². The van der Waals surface area contributed by atoms with Gasteiger partial charge in [0.15, 0.2) is 0 Å². The van der Waals surface area contributed by atoms with Gasteiger partial charge in [0.25, 0.3) is 5.91 Å². The summed E-state index contributed by atoms with van der Waals surface area (Å²) in [5, 5.41) is 6.57. The van der Waals surface area contributed by atoms with E-state index in [2.05, 4.69) is 42.6 Å². The van der Waals surface area contributed by atoms with Gasteiger partial charge in [-0.15, -0.1) is 0 Å². The quantitative estimate of drug-likeness (QED) is 0.498. The largest absolute Gasteiger partial charge is 0.387 e. The van der Waals surface area contributed by atoms with Crippen LogP contribution in [0.15, 0.2) is 23.1 Å². The van der Waals surface area contributed by atoms with Crippen LogP contribution in [-0.2, 0) is 4.74 Å². The molecule has 0 radical (unpaired) electrons. The standard InChI is InChI=1S/C22H37N3O2S.C2H6/c1-8-17-13-15(2)20(22(17,3)4)24-21(26)16-9-10-18(23-5)19(14-16)28-25(6)11-12-27-7;1-2/h9-10,14-15,17,20,23H,8,11-13H2,1-7H3,(H,24,26);1-2H3. The Bertz CT molecular complexity index is 666. The number of hydrogen-bond acceptors (Lipinski definition) is 5. The van der Waals surface area contributed by atoms with Crippen molar-refractivity contribution in [3.8, 4) is 0 Å². The maximum Gasteiger partial charge on any atom is 0.251 e. The molecule has 1 aromatic rings. The second-order valence-corrected chi connectivity index (χ2v) is 9.73. The third kappa shape index (κ3) is 6.63. The lowest BCUT2D eigenvalue weighted by Crippen LogP contribution is -2.46. The van der Waals surface area contributed by atoms with Gasteiger partial charge < -0.3 is 15.4 Å². The second-order valence-electron chi connectivity index (χ2n) is 8.49. The van der Waals surface area contributed by atoms with E-state index >= 15 is 0 Å². The molecule has 1 aliphatic rings. The van der Waals surface area contributed by atoms with Crippen molar-refractivity contribution in [3.63, 3.8) is 0 Å². The van der Waals surface area contributed by atoms with Crippen LogP contribution in [0.5, 0.6) is 0 Å². The predicted molar refractivity (Wildman–Crippen MR) is 130 cm³/mol. The number of nitrogens with one attached hydrogen (secondary N) is 2. The number of amides is 1. The molecule has 2 rings (SSSR count). The average molecular weight is 438 g/mol. The number of carbonyl (C=O) groups excluding carboxylic acids is 1. The monoisotopic (exact) mass is 437 g/mol. The van der Waals surface area contributed by atoms with Gasteiger partial charge in [0.2, 0.25) is 0 Å². The highest BCUT2D eigenvalue weighted by Crippen LogP contribution is 2.47. The molecular formula is C24H43N3O2S. The number of ether oxygens (including phenoxy) is 1. The number of likely N-dealkylation sites (N-methyl/N-ethyl adjacent to an activating group) is 1. The van der Waals surface area contributed by atoms with E-state index < -0.39 is 0 Å². The fourth-order valence-electron chi connectivity index (χ4n) is 4.50. The molecule has 0 saturated heterocycles. The first-order chi connectivity index (χ1) is 14.2. The molecule has 3 unspecified atom stereocenters. The lowest BCUT2D eigenvalue weighted by atomic mass is 9.77. The van der Waals surface area contributed by atoms with E-state index in [9.17, 15) is 4.79 Å². The Morgan fingerprint density at radius 2 is 2.00 bits per heavy atom. The third-order valence-corrected chi connectivity index (χ3v) is 7.26. The zero-order valence-corrected chi connectivity index (χ0v) is 21.3. The van der Waals surface area contributed by atoms with Crippen LogP contribution in [0, 0.1) is 17.3 Å². The van der Waals surface area contributed by atoms with Gasteiger partial charge in [-0.3, -0.25) is 4.79 Å². The molecule has 0 spiro atoms. The summed E-state index contributed by atoms with van der Waals surface area (Å²) in [5.74, 6) is 1.17. The molecule has 0 aromatic heterocycles. The number of benzene rings is 1. The van der Waals surface area contributed by atoms with Crippen molar-refractivity contribution in [1.29, 1.82) is 0 Å². The van der Waals surface area contributed by atoms with Gasteiger partial charge in [0.1, 0.15) is 0 Å². The highest BCUT2D eigenvalue weighted by Gasteiger charge is 2.46. The Morgan fingerprint density at radius 1 is 1.33 bits per heavy atom. The lowest BCUT2D eigenvalue weighted by Gasteiger charge is -2.34. The van der Waals surface area contributed by atoms with E-state index in [1.165, 1.54) is 6.42 Å². The molecule has 3 atom stereocenters. The van der Waals surface area contributed by atoms with Crippen molar-refractivity contribution >= 4 is 23.5 Å². The Hall–Kier alpha value is -1.24. The Kier molecular flexibility index (Phi) is 11.2. The van der Waals surface area contributed by atoms with Crippen molar-refractivity contribution < 1.29 is 9.53 Å². The molecule has 6 heteroatoms. The van der Waals surface area contributed by atoms with Crippen molar-refractivity contribution in [2.45, 2.75) is 65.3 Å². The SMILES string of the molecule is CC.CCC1CC(C)C(NC(=O)c2ccc(NC)c(SN(C)CCOC)c2)C1(C)C. The van der Waals surface area contributed by atoms with E-state index in [1.54, 1.807) is 19.1 Å². The molecule has 0 heterocycles. The van der Waals surface area contributed by atoms with E-state index in [0.29, 0.717) is 24.0 Å². The molecule has 1 fully saturated rings. The summed E-state index contributed by atoms with van der Waals surface area (Å²) in [6.07, 6.45) is 2.34. The van der Waals surface area contributed by atoms with Crippen molar-refractivity contribution in [2.75, 3.05) is 39.7 Å². The molecule has 1 aromatic carbocycles. The third-order valence-electron chi connectivity index (χ3n) is 6.24. The minimum atomic E-state index is 0.0192. The summed E-state index contributed by atoms with van der Waals surface area (Å²) in [5.41, 5.74) is 1.85. The smallest absolute Gasteiger partial charge is 0.251 e. The Morgan fingerprint density at radius 3 is 2.53 bits per heavy atom. The summed E-state index contributed by atoms with van der Waals surface area (Å²) in [4.78, 5) is 14.1. The van der Waals surface area contributed by atoms with Gasteiger partial charge in [-0.05, 0) is 60.9 Å². The summed E-state index contributed by atoms with van der Waals surface area (Å²) >= 11 is 1.62. The average Bonchev–Trinajstić information content (AvgIpc) is 2.96. The maximum atomic E-state index is 13.1. The molecule has 1 saturated carbocycles. The molecule has 5 nitrogen and oxygen atoms in total. The summed E-state index contributed by atoms with van der Waals surface area (Å²) in [6, 6.07) is 6.08. The zero-order valence-electron chi connectivity index (χ0n) is 20.5. The summed E-state index contributed by atoms with van der Waals surface area (Å²) in [6.45, 7) is 14.6. The minimum Gasteiger partial charge on any atom is -0.387 e. The highest BCUT2D eigenvalue weighted by molar-refractivity contribution is 7.97. The molecule has 172 valence electrons. The predicted octanol–water partition coefficient (Wildman–Crippen LogP) is 5.53. The fraction of sp³-hybridized carbons (Fsp3) is 0.708. The zero-order chi connectivity index (χ0) is 22.9. The van der Waals surface area contributed by atoms with Crippen LogP contribution >= 0.6 is 11.9 Å². The Balaban J connectivity index is 0.00000218. The number of methoxy groups -OCH3 is 1. The minimum absolute atomic E-state index is 0.0192. The van der Waals surface area contributed by atoms with Gasteiger partial charge in [-0.25, -0.2) is 4.31 Å². The molecular weight excluding hydrogens is 394 g/mol. The van der Waals surface area contributed by atoms with Crippen LogP contribution in [-0.4, -0.2) is 50.6 Å². The fourth-order valence-corrected chi connectivity index (χ4v) is 5.45. The molecule has 2 N–H and O–H groups in total. The van der Waals surface area contributed by atoms with Gasteiger partial charge in [-0.2, -0.15) is 0 Å². The van der Waals surface area contributed by atoms with Crippen LogP contribution in [0.3, 0.4) is 0 Å². The number of hydrogen-bond donors (Lipinski definition) is 2. The second kappa shape index (κ2) is 12.6. The first-order valence-electron chi connectivity index (χ1n) is 11.2. The Labute approximate surface area is 188 Å². The van der Waals surface area contributed by atoms with Gasteiger partial charge in [0, 0.05) is 42.9 Å². The van der Waals surface area contributed by atoms with Crippen molar-refractivity contribution in [2.24, 2.45) is 17.3 Å². The molecule has 1 amide bonds. The first-order valence-corrected chi connectivity index (χ1v) is 12.0. The van der Waals surface area contributed by atoms with Crippen LogP contribution in [0.1, 0.15) is 64.7 Å². The number of rotatable bonds is 9. The number of carbonyl (C=O) groups is 1. The highest BCUT2D eigenvalue weighted by atomic mass is 32.2. The molecule has 0 bridgehead atoms. The topological polar surface area (TPSA) is 53.6 Å². The van der Waals surface area contributed by atoms with Crippen LogP contribution < -0.4 is 10.6 Å². The van der Waals surface area contributed by atoms with E-state index in [0.717, 1.165) is 23.5 Å². The van der Waals surface area contributed by atoms with Crippen LogP contribution in [0.25, 0.3) is 0 Å². The number of nitrogens with zero attached hydrogens (tertiary/aromatic N) is 1. The van der Waals surface area contributed by atoms with E-state index in [1.807, 2.05) is 46.1 Å². The van der Waals surface area contributed by atoms with E-state index in [-0.39, 0.29) is 17.4 Å².